The van der Waals surface area contributed by atoms with Crippen LogP contribution in [0.5, 0.6) is 0 Å². The zero-order valence-electron chi connectivity index (χ0n) is 20.1. The lowest BCUT2D eigenvalue weighted by Gasteiger charge is -2.25. The highest BCUT2D eigenvalue weighted by atomic mass is 32.2. The maximum atomic E-state index is 13.5. The van der Waals surface area contributed by atoms with Gasteiger partial charge in [0.1, 0.15) is 17.5 Å². The summed E-state index contributed by atoms with van der Waals surface area (Å²) < 4.78 is 1.48. The number of thiophene rings is 1. The SMILES string of the molecule is O=C(CCC1N=C2c3ccccc3N=C(SCc3cc(=O)n4ccccc4n3)N2C1=O)NCc1cccs1. The van der Waals surface area contributed by atoms with Crippen molar-refractivity contribution in [3.8, 4) is 0 Å². The van der Waals surface area contributed by atoms with Crippen LogP contribution < -0.4 is 10.9 Å². The first-order chi connectivity index (χ1) is 18.6. The number of benzene rings is 1. The number of pyridine rings is 1. The van der Waals surface area contributed by atoms with Gasteiger partial charge in [-0.2, -0.15) is 0 Å². The molecule has 1 unspecified atom stereocenters. The van der Waals surface area contributed by atoms with Crippen LogP contribution in [-0.4, -0.2) is 43.1 Å². The topological polar surface area (TPSA) is 108 Å². The van der Waals surface area contributed by atoms with E-state index in [0.29, 0.717) is 41.1 Å². The second kappa shape index (κ2) is 10.3. The lowest BCUT2D eigenvalue weighted by atomic mass is 10.1. The predicted molar refractivity (Wildman–Crippen MR) is 149 cm³/mol. The minimum Gasteiger partial charge on any atom is -0.351 e. The van der Waals surface area contributed by atoms with E-state index in [-0.39, 0.29) is 23.8 Å². The molecule has 0 fully saturated rings. The van der Waals surface area contributed by atoms with E-state index in [0.717, 1.165) is 16.1 Å². The second-order valence-corrected chi connectivity index (χ2v) is 10.7. The summed E-state index contributed by atoms with van der Waals surface area (Å²) >= 11 is 2.91. The predicted octanol–water partition coefficient (Wildman–Crippen LogP) is 3.74. The Balaban J connectivity index is 1.19. The summed E-state index contributed by atoms with van der Waals surface area (Å²) in [7, 11) is 0. The van der Waals surface area contributed by atoms with Crippen LogP contribution in [0.4, 0.5) is 5.69 Å². The molecular formula is C27H22N6O3S2. The van der Waals surface area contributed by atoms with Gasteiger partial charge in [-0.1, -0.05) is 36.0 Å². The van der Waals surface area contributed by atoms with Crippen LogP contribution in [-0.2, 0) is 21.9 Å². The van der Waals surface area contributed by atoms with Crippen molar-refractivity contribution in [1.82, 2.24) is 19.6 Å². The Hall–Kier alpha value is -4.09. The van der Waals surface area contributed by atoms with Crippen molar-refractivity contribution >= 4 is 57.3 Å². The van der Waals surface area contributed by atoms with Gasteiger partial charge >= 0.3 is 0 Å². The van der Waals surface area contributed by atoms with Crippen molar-refractivity contribution in [1.29, 1.82) is 0 Å². The molecule has 5 heterocycles. The van der Waals surface area contributed by atoms with Crippen LogP contribution in [0.15, 0.2) is 87.0 Å². The molecule has 9 nitrogen and oxygen atoms in total. The summed E-state index contributed by atoms with van der Waals surface area (Å²) in [6, 6.07) is 17.7. The van der Waals surface area contributed by atoms with Gasteiger partial charge in [0, 0.05) is 34.9 Å². The molecule has 0 spiro atoms. The molecule has 0 saturated carbocycles. The third kappa shape index (κ3) is 4.77. The number of thioether (sulfide) groups is 1. The standard InChI is InChI=1S/C27H22N6O3S2/c34-23(28-15-18-6-5-13-37-18)11-10-21-26(36)33-25(30-21)19-7-1-2-8-20(19)31-27(33)38-16-17-14-24(35)32-12-4-3-9-22(32)29-17/h1-9,12-14,21H,10-11,15-16H2,(H,28,34). The number of fused-ring (bicyclic) bond motifs is 4. The summed E-state index contributed by atoms with van der Waals surface area (Å²) in [6.45, 7) is 0.475. The Labute approximate surface area is 226 Å². The van der Waals surface area contributed by atoms with Crippen molar-refractivity contribution in [2.24, 2.45) is 9.98 Å². The smallest absolute Gasteiger partial charge is 0.259 e. The van der Waals surface area contributed by atoms with Crippen LogP contribution in [0.1, 0.15) is 29.0 Å². The molecule has 0 radical (unpaired) electrons. The number of amides is 2. The lowest BCUT2D eigenvalue weighted by Crippen LogP contribution is -2.41. The Morgan fingerprint density at radius 2 is 1.95 bits per heavy atom. The third-order valence-corrected chi connectivity index (χ3v) is 8.05. The molecule has 11 heteroatoms. The van der Waals surface area contributed by atoms with E-state index in [2.05, 4.69) is 10.3 Å². The van der Waals surface area contributed by atoms with E-state index in [1.807, 2.05) is 47.8 Å². The van der Waals surface area contributed by atoms with Gasteiger partial charge in [0.15, 0.2) is 5.17 Å². The van der Waals surface area contributed by atoms with Crippen LogP contribution in [0.25, 0.3) is 5.65 Å². The Kier molecular flexibility index (Phi) is 6.61. The minimum absolute atomic E-state index is 0.117. The number of aliphatic imine (C=N–C) groups is 2. The fourth-order valence-electron chi connectivity index (χ4n) is 4.36. The molecule has 190 valence electrons. The molecule has 0 bridgehead atoms. The van der Waals surface area contributed by atoms with E-state index in [9.17, 15) is 14.4 Å². The fraction of sp³-hybridized carbons (Fsp3) is 0.185. The van der Waals surface area contributed by atoms with Gasteiger partial charge in [-0.3, -0.25) is 23.8 Å². The van der Waals surface area contributed by atoms with E-state index in [1.54, 1.807) is 29.7 Å². The van der Waals surface area contributed by atoms with E-state index < -0.39 is 6.04 Å². The number of carbonyl (C=O) groups is 2. The highest BCUT2D eigenvalue weighted by molar-refractivity contribution is 8.13. The maximum Gasteiger partial charge on any atom is 0.259 e. The van der Waals surface area contributed by atoms with Crippen molar-refractivity contribution < 1.29 is 9.59 Å². The van der Waals surface area contributed by atoms with Gasteiger partial charge in [0.2, 0.25) is 5.91 Å². The van der Waals surface area contributed by atoms with Crippen molar-refractivity contribution in [2.75, 3.05) is 0 Å². The minimum atomic E-state index is -0.669. The number of hydrogen-bond donors (Lipinski definition) is 1. The Morgan fingerprint density at radius 1 is 1.08 bits per heavy atom. The van der Waals surface area contributed by atoms with Gasteiger partial charge in [-0.15, -0.1) is 11.3 Å². The quantitative estimate of drug-likeness (QED) is 0.383. The van der Waals surface area contributed by atoms with Crippen LogP contribution in [0.2, 0.25) is 0 Å². The second-order valence-electron chi connectivity index (χ2n) is 8.75. The summed E-state index contributed by atoms with van der Waals surface area (Å²) in [5.74, 6) is 0.569. The summed E-state index contributed by atoms with van der Waals surface area (Å²) in [5, 5.41) is 5.35. The zero-order chi connectivity index (χ0) is 26.1. The lowest BCUT2D eigenvalue weighted by molar-refractivity contribution is -0.125. The van der Waals surface area contributed by atoms with E-state index in [4.69, 9.17) is 9.98 Å². The molecule has 1 atom stereocenters. The molecular weight excluding hydrogens is 520 g/mol. The van der Waals surface area contributed by atoms with Gasteiger partial charge in [0.25, 0.3) is 11.5 Å². The van der Waals surface area contributed by atoms with Crippen LogP contribution in [0.3, 0.4) is 0 Å². The highest BCUT2D eigenvalue weighted by Gasteiger charge is 2.41. The molecule has 2 aliphatic heterocycles. The molecule has 4 aromatic rings. The summed E-state index contributed by atoms with van der Waals surface area (Å²) in [5.41, 5.74) is 2.48. The Bertz CT molecular complexity index is 1660. The molecule has 0 saturated heterocycles. The average molecular weight is 543 g/mol. The molecule has 1 N–H and O–H groups in total. The number of para-hydroxylation sites is 1. The molecule has 1 aromatic carbocycles. The van der Waals surface area contributed by atoms with E-state index in [1.165, 1.54) is 27.1 Å². The molecule has 38 heavy (non-hydrogen) atoms. The first-order valence-electron chi connectivity index (χ1n) is 12.1. The maximum absolute atomic E-state index is 13.5. The number of nitrogens with one attached hydrogen (secondary N) is 1. The number of aromatic nitrogens is 2. The largest absolute Gasteiger partial charge is 0.351 e. The Morgan fingerprint density at radius 3 is 2.82 bits per heavy atom. The first-order valence-corrected chi connectivity index (χ1v) is 13.9. The fourth-order valence-corrected chi connectivity index (χ4v) is 5.90. The highest BCUT2D eigenvalue weighted by Crippen LogP contribution is 2.34. The molecule has 2 aliphatic rings. The number of carbonyl (C=O) groups excluding carboxylic acids is 2. The molecule has 2 amide bonds. The average Bonchev–Trinajstić information content (AvgIpc) is 3.57. The van der Waals surface area contributed by atoms with Gasteiger partial charge in [-0.25, -0.2) is 14.9 Å². The molecule has 3 aromatic heterocycles. The summed E-state index contributed by atoms with van der Waals surface area (Å²) in [6.07, 6.45) is 2.18. The van der Waals surface area contributed by atoms with Crippen LogP contribution >= 0.6 is 23.1 Å². The van der Waals surface area contributed by atoms with E-state index >= 15 is 0 Å². The van der Waals surface area contributed by atoms with Gasteiger partial charge < -0.3 is 5.32 Å². The number of amidine groups is 2. The normalized spacial score (nSPS) is 16.2. The number of hydrogen-bond acceptors (Lipinski definition) is 8. The van der Waals surface area contributed by atoms with Crippen molar-refractivity contribution in [3.05, 3.63) is 98.7 Å². The third-order valence-electron chi connectivity index (χ3n) is 6.21. The molecule has 6 rings (SSSR count). The zero-order valence-corrected chi connectivity index (χ0v) is 21.7. The van der Waals surface area contributed by atoms with Crippen molar-refractivity contribution in [3.63, 3.8) is 0 Å². The summed E-state index contributed by atoms with van der Waals surface area (Å²) in [4.78, 5) is 55.0. The van der Waals surface area contributed by atoms with Crippen molar-refractivity contribution in [2.45, 2.75) is 31.2 Å². The van der Waals surface area contributed by atoms with Gasteiger partial charge in [-0.05, 0) is 42.1 Å². The molecule has 0 aliphatic carbocycles. The van der Waals surface area contributed by atoms with Crippen LogP contribution in [0, 0.1) is 0 Å². The van der Waals surface area contributed by atoms with Gasteiger partial charge in [0.05, 0.1) is 17.9 Å². The first kappa shape index (κ1) is 24.3. The number of nitrogens with zero attached hydrogens (tertiary/aromatic N) is 5. The monoisotopic (exact) mass is 542 g/mol. The number of rotatable bonds is 7.